The maximum Gasteiger partial charge on any atom is 0.245 e. The van der Waals surface area contributed by atoms with Gasteiger partial charge in [0, 0.05) is 25.7 Å². The number of aryl methyl sites for hydroxylation is 2. The van der Waals surface area contributed by atoms with Crippen molar-refractivity contribution in [2.24, 2.45) is 0 Å². The zero-order valence-electron chi connectivity index (χ0n) is 15.0. The predicted molar refractivity (Wildman–Crippen MR) is 91.5 cm³/mol. The van der Waals surface area contributed by atoms with Crippen molar-refractivity contribution in [3.8, 4) is 0 Å². The third-order valence-corrected chi connectivity index (χ3v) is 5.34. The van der Waals surface area contributed by atoms with Gasteiger partial charge in [0.1, 0.15) is 6.04 Å². The Bertz CT molecular complexity index is 625. The van der Waals surface area contributed by atoms with Gasteiger partial charge in [-0.1, -0.05) is 0 Å². The number of piperidine rings is 1. The molecule has 2 aliphatic heterocycles. The molecule has 132 valence electrons. The summed E-state index contributed by atoms with van der Waals surface area (Å²) in [4.78, 5) is 28.7. The number of aromatic nitrogens is 2. The van der Waals surface area contributed by atoms with Crippen LogP contribution >= 0.6 is 0 Å². The number of hydrogen-bond donors (Lipinski definition) is 0. The van der Waals surface area contributed by atoms with E-state index in [1.54, 1.807) is 11.8 Å². The largest absolute Gasteiger partial charge is 0.336 e. The second-order valence-electron chi connectivity index (χ2n) is 7.16. The van der Waals surface area contributed by atoms with E-state index in [9.17, 15) is 9.59 Å². The molecule has 3 heterocycles. The first-order chi connectivity index (χ1) is 11.5. The first kappa shape index (κ1) is 17.0. The van der Waals surface area contributed by atoms with Crippen molar-refractivity contribution in [1.29, 1.82) is 0 Å². The van der Waals surface area contributed by atoms with Crippen LogP contribution in [0.5, 0.6) is 0 Å². The van der Waals surface area contributed by atoms with E-state index >= 15 is 0 Å². The fourth-order valence-electron chi connectivity index (χ4n) is 4.13. The van der Waals surface area contributed by atoms with Crippen molar-refractivity contribution in [2.75, 3.05) is 13.1 Å². The highest BCUT2D eigenvalue weighted by atomic mass is 16.2. The quantitative estimate of drug-likeness (QED) is 0.849. The van der Waals surface area contributed by atoms with Gasteiger partial charge in [-0.25, -0.2) is 0 Å². The first-order valence-electron chi connectivity index (χ1n) is 9.06. The fourth-order valence-corrected chi connectivity index (χ4v) is 4.13. The van der Waals surface area contributed by atoms with Gasteiger partial charge in [-0.15, -0.1) is 0 Å². The molecule has 2 amide bonds. The Kier molecular flexibility index (Phi) is 4.92. The molecular formula is C18H28N4O2. The van der Waals surface area contributed by atoms with E-state index in [4.69, 9.17) is 0 Å². The zero-order chi connectivity index (χ0) is 17.3. The predicted octanol–water partition coefficient (Wildman–Crippen LogP) is 1.89. The first-order valence-corrected chi connectivity index (χ1v) is 9.06. The van der Waals surface area contributed by atoms with Crippen molar-refractivity contribution >= 4 is 11.8 Å². The third kappa shape index (κ3) is 3.32. The summed E-state index contributed by atoms with van der Waals surface area (Å²) < 4.78 is 2.02. The lowest BCUT2D eigenvalue weighted by Gasteiger charge is -2.38. The SMILES string of the molecule is CC(=O)N1CCC[C@H]1C(=O)N1CCCC[C@H]1Cn1nc(C)cc1C. The molecule has 0 aromatic carbocycles. The lowest BCUT2D eigenvalue weighted by Crippen LogP contribution is -2.53. The highest BCUT2D eigenvalue weighted by Gasteiger charge is 2.38. The summed E-state index contributed by atoms with van der Waals surface area (Å²) in [6, 6.07) is 1.99. The topological polar surface area (TPSA) is 58.4 Å². The maximum absolute atomic E-state index is 13.1. The van der Waals surface area contributed by atoms with E-state index in [1.165, 1.54) is 0 Å². The van der Waals surface area contributed by atoms with Crippen LogP contribution in [-0.2, 0) is 16.1 Å². The van der Waals surface area contributed by atoms with E-state index in [0.717, 1.165) is 56.6 Å². The highest BCUT2D eigenvalue weighted by Crippen LogP contribution is 2.25. The number of amides is 2. The van der Waals surface area contributed by atoms with Gasteiger partial charge in [-0.3, -0.25) is 14.3 Å². The standard InChI is InChI=1S/C18H28N4O2/c1-13-11-14(2)22(19-13)12-16-7-4-5-9-21(16)18(24)17-8-6-10-20(17)15(3)23/h11,16-17H,4-10,12H2,1-3H3/t16-,17-/m0/s1. The molecule has 0 N–H and O–H groups in total. The molecule has 1 aromatic rings. The van der Waals surface area contributed by atoms with Gasteiger partial charge in [-0.2, -0.15) is 5.10 Å². The summed E-state index contributed by atoms with van der Waals surface area (Å²) in [6.45, 7) is 7.88. The van der Waals surface area contributed by atoms with E-state index in [2.05, 4.69) is 18.1 Å². The van der Waals surface area contributed by atoms with Gasteiger partial charge in [0.2, 0.25) is 11.8 Å². The Labute approximate surface area is 143 Å². The summed E-state index contributed by atoms with van der Waals surface area (Å²) in [6.07, 6.45) is 4.92. The Morgan fingerprint density at radius 1 is 1.12 bits per heavy atom. The molecule has 0 unspecified atom stereocenters. The van der Waals surface area contributed by atoms with Crippen LogP contribution in [-0.4, -0.2) is 56.6 Å². The summed E-state index contributed by atoms with van der Waals surface area (Å²) in [5.41, 5.74) is 2.15. The summed E-state index contributed by atoms with van der Waals surface area (Å²) in [7, 11) is 0. The highest BCUT2D eigenvalue weighted by molar-refractivity contribution is 5.87. The van der Waals surface area contributed by atoms with Crippen LogP contribution in [0.15, 0.2) is 6.07 Å². The number of carbonyl (C=O) groups is 2. The fraction of sp³-hybridized carbons (Fsp3) is 0.722. The van der Waals surface area contributed by atoms with Gasteiger partial charge in [0.15, 0.2) is 0 Å². The Morgan fingerprint density at radius 3 is 2.54 bits per heavy atom. The molecule has 6 nitrogen and oxygen atoms in total. The van der Waals surface area contributed by atoms with Gasteiger partial charge in [-0.05, 0) is 52.0 Å². The van der Waals surface area contributed by atoms with Crippen LogP contribution in [0.4, 0.5) is 0 Å². The average molecular weight is 332 g/mol. The third-order valence-electron chi connectivity index (χ3n) is 5.34. The molecule has 0 bridgehead atoms. The molecule has 0 radical (unpaired) electrons. The van der Waals surface area contributed by atoms with Crippen LogP contribution in [0.2, 0.25) is 0 Å². The number of nitrogens with zero attached hydrogens (tertiary/aromatic N) is 4. The van der Waals surface area contributed by atoms with Crippen LogP contribution in [0.1, 0.15) is 50.4 Å². The molecule has 0 saturated carbocycles. The number of carbonyl (C=O) groups excluding carboxylic acids is 2. The second-order valence-corrected chi connectivity index (χ2v) is 7.16. The van der Waals surface area contributed by atoms with Crippen LogP contribution < -0.4 is 0 Å². The van der Waals surface area contributed by atoms with E-state index in [0.29, 0.717) is 6.54 Å². The molecule has 2 fully saturated rings. The monoisotopic (exact) mass is 332 g/mol. The molecule has 3 rings (SSSR count). The second kappa shape index (κ2) is 6.95. The Balaban J connectivity index is 1.75. The van der Waals surface area contributed by atoms with Crippen molar-refractivity contribution < 1.29 is 9.59 Å². The van der Waals surface area contributed by atoms with Gasteiger partial charge in [0.05, 0.1) is 18.3 Å². The maximum atomic E-state index is 13.1. The van der Waals surface area contributed by atoms with E-state index in [-0.39, 0.29) is 23.9 Å². The smallest absolute Gasteiger partial charge is 0.245 e. The molecule has 24 heavy (non-hydrogen) atoms. The van der Waals surface area contributed by atoms with Crippen LogP contribution in [0.25, 0.3) is 0 Å². The molecule has 6 heteroatoms. The molecule has 2 aliphatic rings. The van der Waals surface area contributed by atoms with Crippen LogP contribution in [0, 0.1) is 13.8 Å². The number of likely N-dealkylation sites (tertiary alicyclic amines) is 2. The Morgan fingerprint density at radius 2 is 1.88 bits per heavy atom. The lowest BCUT2D eigenvalue weighted by molar-refractivity contribution is -0.145. The molecule has 0 spiro atoms. The molecular weight excluding hydrogens is 304 g/mol. The van der Waals surface area contributed by atoms with Crippen LogP contribution in [0.3, 0.4) is 0 Å². The van der Waals surface area contributed by atoms with Gasteiger partial charge < -0.3 is 9.80 Å². The lowest BCUT2D eigenvalue weighted by atomic mass is 10.00. The van der Waals surface area contributed by atoms with Gasteiger partial charge >= 0.3 is 0 Å². The Hall–Kier alpha value is -1.85. The molecule has 1 aromatic heterocycles. The molecule has 0 aliphatic carbocycles. The summed E-state index contributed by atoms with van der Waals surface area (Å²) >= 11 is 0. The molecule has 2 saturated heterocycles. The van der Waals surface area contributed by atoms with Gasteiger partial charge in [0.25, 0.3) is 0 Å². The average Bonchev–Trinajstić information content (AvgIpc) is 3.14. The minimum absolute atomic E-state index is 0.0120. The normalized spacial score (nSPS) is 24.5. The van der Waals surface area contributed by atoms with Crippen molar-refractivity contribution in [1.82, 2.24) is 19.6 Å². The van der Waals surface area contributed by atoms with E-state index in [1.807, 2.05) is 16.5 Å². The minimum Gasteiger partial charge on any atom is -0.336 e. The van der Waals surface area contributed by atoms with Crippen molar-refractivity contribution in [3.63, 3.8) is 0 Å². The minimum atomic E-state index is -0.261. The van der Waals surface area contributed by atoms with Crippen molar-refractivity contribution in [2.45, 2.75) is 71.5 Å². The number of hydrogen-bond acceptors (Lipinski definition) is 3. The molecule has 2 atom stereocenters. The number of rotatable bonds is 3. The summed E-state index contributed by atoms with van der Waals surface area (Å²) in [5, 5.41) is 4.55. The summed E-state index contributed by atoms with van der Waals surface area (Å²) in [5.74, 6) is 0.145. The van der Waals surface area contributed by atoms with E-state index < -0.39 is 0 Å². The van der Waals surface area contributed by atoms with Crippen molar-refractivity contribution in [3.05, 3.63) is 17.5 Å². The zero-order valence-corrected chi connectivity index (χ0v) is 15.0.